The molecule has 1 fully saturated rings. The van der Waals surface area contributed by atoms with Gasteiger partial charge in [0.15, 0.2) is 0 Å². The average molecular weight is 786 g/mol. The van der Waals surface area contributed by atoms with E-state index in [-0.39, 0.29) is 44.9 Å². The molecule has 1 aliphatic rings. The Bertz CT molecular complexity index is 1580. The molecule has 0 radical (unpaired) electrons. The maximum atomic E-state index is 12.5. The standard InChI is InChI=1S/C30H42N6O10.C4H5N3.C3H8/c1-5-6-28(42)36(18-37)12-11-25(39)31-14-26(40)32-19(2)29(43)33-22-9-7-21(8-10-22)16-46-30(44)35(4)15-27(41)34-24-13-23(38)17-45-20(24)3;5-4-1-2-6-3-7-4;1-3-2/h5-10,18-20,23-24,38H,11-17H2,1-4H3,(H,31,39)(H,32,40)(H,33,43)(H,34,41);1-3H,(H2,5,6,7);3H2,1-2H3/b6-5-;;/t19?,20-,23+,24?;;/m0../s1. The Balaban J connectivity index is 0.00000137. The van der Waals surface area contributed by atoms with Gasteiger partial charge in [-0.05, 0) is 57.0 Å². The van der Waals surface area contributed by atoms with E-state index in [1.807, 2.05) is 0 Å². The third kappa shape index (κ3) is 19.9. The van der Waals surface area contributed by atoms with Crippen LogP contribution in [0.3, 0.4) is 0 Å². The Kier molecular flexibility index (Phi) is 23.0. The normalized spacial score (nSPS) is 16.2. The van der Waals surface area contributed by atoms with E-state index in [0.29, 0.717) is 29.9 Å². The van der Waals surface area contributed by atoms with Gasteiger partial charge < -0.3 is 46.5 Å². The molecule has 3 rings (SSSR count). The maximum absolute atomic E-state index is 12.5. The topological polar surface area (TPSA) is 265 Å². The van der Waals surface area contributed by atoms with Gasteiger partial charge in [0.2, 0.25) is 30.0 Å². The number of imide groups is 1. The van der Waals surface area contributed by atoms with Crippen LogP contribution in [-0.2, 0) is 44.8 Å². The highest BCUT2D eigenvalue weighted by Gasteiger charge is 2.29. The third-order valence-electron chi connectivity index (χ3n) is 7.39. The summed E-state index contributed by atoms with van der Waals surface area (Å²) in [5.74, 6) is -2.17. The number of anilines is 2. The predicted molar refractivity (Wildman–Crippen MR) is 206 cm³/mol. The van der Waals surface area contributed by atoms with Crippen molar-refractivity contribution in [3.05, 3.63) is 60.6 Å². The zero-order chi connectivity index (χ0) is 42.0. The van der Waals surface area contributed by atoms with Crippen molar-refractivity contribution >= 4 is 53.5 Å². The fourth-order valence-corrected chi connectivity index (χ4v) is 4.43. The summed E-state index contributed by atoms with van der Waals surface area (Å²) in [6.07, 6.45) is 5.75. The molecular formula is C37H55N9O10. The number of amides is 7. The number of aliphatic hydroxyl groups is 1. The van der Waals surface area contributed by atoms with Gasteiger partial charge in [0.05, 0.1) is 31.4 Å². The van der Waals surface area contributed by atoms with Gasteiger partial charge in [0.25, 0.3) is 5.91 Å². The number of hydrogen-bond acceptors (Lipinski definition) is 13. The molecule has 2 aromatic rings. The third-order valence-corrected chi connectivity index (χ3v) is 7.39. The number of aromatic nitrogens is 2. The van der Waals surface area contributed by atoms with Gasteiger partial charge in [-0.1, -0.05) is 38.5 Å². The summed E-state index contributed by atoms with van der Waals surface area (Å²) in [7, 11) is 1.42. The molecular weight excluding hydrogens is 730 g/mol. The van der Waals surface area contributed by atoms with Crippen LogP contribution in [0.4, 0.5) is 16.3 Å². The molecule has 56 heavy (non-hydrogen) atoms. The van der Waals surface area contributed by atoms with Crippen molar-refractivity contribution in [2.45, 2.75) is 84.8 Å². The zero-order valence-electron chi connectivity index (χ0n) is 32.7. The number of carbonyl (C=O) groups is 7. The van der Waals surface area contributed by atoms with E-state index in [1.54, 1.807) is 50.4 Å². The Hall–Kier alpha value is -5.95. The lowest BCUT2D eigenvalue weighted by Crippen LogP contribution is -2.52. The SMILES string of the molecule is C/C=C\C(=O)N(C=O)CCC(=O)NCC(=O)NC(C)C(=O)Nc1ccc(COC(=O)N(C)CC(=O)NC2C[C@@H](O)CO[C@H]2C)cc1.CCC.Nc1ccncn1. The summed E-state index contributed by atoms with van der Waals surface area (Å²) in [4.78, 5) is 93.3. The molecule has 0 bridgehead atoms. The second-order valence-electron chi connectivity index (χ2n) is 12.5. The molecule has 2 unspecified atom stereocenters. The molecule has 7 N–H and O–H groups in total. The minimum absolute atomic E-state index is 0.0871. The zero-order valence-corrected chi connectivity index (χ0v) is 32.7. The number of carbonyl (C=O) groups excluding carboxylic acids is 7. The van der Waals surface area contributed by atoms with Crippen molar-refractivity contribution in [2.75, 3.05) is 44.3 Å². The summed E-state index contributed by atoms with van der Waals surface area (Å²) in [5, 5.41) is 20.0. The molecule has 0 aliphatic carbocycles. The lowest BCUT2D eigenvalue weighted by molar-refractivity contribution is -0.135. The quantitative estimate of drug-likeness (QED) is 0.108. The lowest BCUT2D eigenvalue weighted by Gasteiger charge is -2.33. The predicted octanol–water partition coefficient (Wildman–Crippen LogP) is 0.895. The van der Waals surface area contributed by atoms with Crippen LogP contribution < -0.4 is 27.0 Å². The molecule has 1 saturated heterocycles. The van der Waals surface area contributed by atoms with Crippen molar-refractivity contribution < 1.29 is 48.1 Å². The van der Waals surface area contributed by atoms with Crippen LogP contribution in [0.2, 0.25) is 0 Å². The first-order valence-corrected chi connectivity index (χ1v) is 18.0. The van der Waals surface area contributed by atoms with Crippen molar-refractivity contribution in [3.8, 4) is 0 Å². The van der Waals surface area contributed by atoms with E-state index in [2.05, 4.69) is 45.1 Å². The van der Waals surface area contributed by atoms with Crippen LogP contribution >= 0.6 is 0 Å². The fraction of sp³-hybridized carbons (Fsp3) is 0.486. The van der Waals surface area contributed by atoms with E-state index >= 15 is 0 Å². The minimum atomic E-state index is -0.944. The molecule has 4 atom stereocenters. The van der Waals surface area contributed by atoms with E-state index in [4.69, 9.17) is 15.2 Å². The van der Waals surface area contributed by atoms with Crippen LogP contribution in [0, 0.1) is 0 Å². The van der Waals surface area contributed by atoms with Crippen LogP contribution in [0.1, 0.15) is 59.4 Å². The summed E-state index contributed by atoms with van der Waals surface area (Å²) < 4.78 is 10.7. The van der Waals surface area contributed by atoms with Crippen LogP contribution in [0.5, 0.6) is 0 Å². The van der Waals surface area contributed by atoms with E-state index in [1.165, 1.54) is 38.9 Å². The van der Waals surface area contributed by atoms with Gasteiger partial charge in [-0.2, -0.15) is 0 Å². The van der Waals surface area contributed by atoms with Gasteiger partial charge in [-0.3, -0.25) is 33.7 Å². The van der Waals surface area contributed by atoms with Gasteiger partial charge in [0.1, 0.15) is 31.3 Å². The maximum Gasteiger partial charge on any atom is 0.410 e. The van der Waals surface area contributed by atoms with Crippen LogP contribution in [0.15, 0.2) is 55.0 Å². The van der Waals surface area contributed by atoms with Crippen LogP contribution in [-0.4, -0.2) is 124 Å². The molecule has 0 spiro atoms. The molecule has 19 nitrogen and oxygen atoms in total. The lowest BCUT2D eigenvalue weighted by atomic mass is 10.0. The van der Waals surface area contributed by atoms with Crippen LogP contribution in [0.25, 0.3) is 0 Å². The average Bonchev–Trinajstić information content (AvgIpc) is 3.16. The largest absolute Gasteiger partial charge is 0.445 e. The highest BCUT2D eigenvalue weighted by Crippen LogP contribution is 2.14. The highest BCUT2D eigenvalue weighted by molar-refractivity contribution is 5.97. The highest BCUT2D eigenvalue weighted by atomic mass is 16.6. The van der Waals surface area contributed by atoms with Gasteiger partial charge in [0, 0.05) is 31.9 Å². The van der Waals surface area contributed by atoms with Crippen molar-refractivity contribution in [2.24, 2.45) is 0 Å². The van der Waals surface area contributed by atoms with Crippen molar-refractivity contribution in [1.82, 2.24) is 35.7 Å². The fourth-order valence-electron chi connectivity index (χ4n) is 4.43. The first-order chi connectivity index (χ1) is 26.6. The summed E-state index contributed by atoms with van der Waals surface area (Å²) in [6, 6.07) is 6.74. The monoisotopic (exact) mass is 785 g/mol. The smallest absolute Gasteiger partial charge is 0.410 e. The second kappa shape index (κ2) is 26.8. The molecule has 19 heteroatoms. The molecule has 1 aromatic heterocycles. The van der Waals surface area contributed by atoms with Gasteiger partial charge in [-0.25, -0.2) is 14.8 Å². The van der Waals surface area contributed by atoms with E-state index in [9.17, 15) is 38.7 Å². The minimum Gasteiger partial charge on any atom is -0.445 e. The number of nitrogens with one attached hydrogen (secondary N) is 4. The molecule has 7 amide bonds. The molecule has 1 aromatic carbocycles. The van der Waals surface area contributed by atoms with Crippen molar-refractivity contribution in [3.63, 3.8) is 0 Å². The van der Waals surface area contributed by atoms with E-state index < -0.39 is 54.3 Å². The number of nitrogens with zero attached hydrogens (tertiary/aromatic N) is 4. The number of nitrogens with two attached hydrogens (primary N) is 1. The Morgan fingerprint density at radius 2 is 1.77 bits per heavy atom. The number of nitrogen functional groups attached to an aromatic ring is 1. The number of likely N-dealkylation sites (N-methyl/N-ethyl adjacent to an activating group) is 1. The Labute approximate surface area is 326 Å². The molecule has 308 valence electrons. The molecule has 2 heterocycles. The van der Waals surface area contributed by atoms with Gasteiger partial charge >= 0.3 is 6.09 Å². The number of aliphatic hydroxyl groups excluding tert-OH is 1. The van der Waals surface area contributed by atoms with Crippen molar-refractivity contribution in [1.29, 1.82) is 0 Å². The summed E-state index contributed by atoms with van der Waals surface area (Å²) >= 11 is 0. The first-order valence-electron chi connectivity index (χ1n) is 18.0. The summed E-state index contributed by atoms with van der Waals surface area (Å²) in [5.41, 5.74) is 6.24. The van der Waals surface area contributed by atoms with Gasteiger partial charge in [-0.15, -0.1) is 0 Å². The number of rotatable bonds is 15. The number of ether oxygens (including phenoxy) is 2. The number of allylic oxidation sites excluding steroid dienone is 1. The van der Waals surface area contributed by atoms with E-state index in [0.717, 1.165) is 9.80 Å². The second-order valence-corrected chi connectivity index (χ2v) is 12.5. The molecule has 0 saturated carbocycles. The Morgan fingerprint density at radius 3 is 2.34 bits per heavy atom. The Morgan fingerprint density at radius 1 is 1.09 bits per heavy atom. The molecule has 1 aliphatic heterocycles. The summed E-state index contributed by atoms with van der Waals surface area (Å²) in [6.45, 7) is 8.43. The number of hydrogen-bond donors (Lipinski definition) is 6. The number of benzene rings is 1. The first kappa shape index (κ1) is 48.1.